The molecule has 2 N–H and O–H groups in total. The Morgan fingerprint density at radius 2 is 0.580 bits per heavy atom. The first-order chi connectivity index (χ1) is 33.8. The van der Waals surface area contributed by atoms with E-state index in [2.05, 4.69) is 54.6 Å². The van der Waals surface area contributed by atoms with Crippen molar-refractivity contribution in [2.24, 2.45) is 0 Å². The first kappa shape index (κ1) is 45.3. The molecule has 4 heteroatoms. The van der Waals surface area contributed by atoms with Gasteiger partial charge in [-0.3, -0.25) is 0 Å². The van der Waals surface area contributed by atoms with Crippen molar-refractivity contribution in [1.29, 1.82) is 0 Å². The monoisotopic (exact) mass is 892 g/mol. The molecule has 332 valence electrons. The normalized spacial score (nSPS) is 10.9. The van der Waals surface area contributed by atoms with Gasteiger partial charge in [0.25, 0.3) is 0 Å². The number of aliphatic hydroxyl groups is 2. The number of hydrogen-bond donors (Lipinski definition) is 2. The smallest absolute Gasteiger partial charge is 0.177 e. The van der Waals surface area contributed by atoms with Gasteiger partial charge in [0.2, 0.25) is 0 Å². The molecule has 0 aliphatic heterocycles. The lowest BCUT2D eigenvalue weighted by molar-refractivity contribution is 0.145. The van der Waals surface area contributed by atoms with E-state index in [-0.39, 0.29) is 0 Å². The van der Waals surface area contributed by atoms with E-state index in [4.69, 9.17) is 9.47 Å². The lowest BCUT2D eigenvalue weighted by Crippen LogP contribution is -2.25. The molecule has 0 aliphatic carbocycles. The predicted molar refractivity (Wildman–Crippen MR) is 279 cm³/mol. The van der Waals surface area contributed by atoms with Gasteiger partial charge >= 0.3 is 0 Å². The highest BCUT2D eigenvalue weighted by Gasteiger charge is 2.31. The molecular weight excluding hydrogens is 845 g/mol. The largest absolute Gasteiger partial charge is 0.495 e. The van der Waals surface area contributed by atoms with Crippen LogP contribution in [0.1, 0.15) is 50.1 Å². The molecule has 0 unspecified atom stereocenters. The minimum atomic E-state index is -1.52. The SMILES string of the molecule is COc1c(-c2ccc(C#Cc3ccccc3)cc2)c(C)c(-c2ccc(C#CC(O)(c3ccccc3)c3ccccc3)cc2)c(OC)c1-c1ccc(C#CC(O)(c2ccccc2)c2ccccc2)cc1. The molecule has 0 aliphatic rings. The fraction of sp³-hybridized carbons (Fsp3) is 0.0769. The van der Waals surface area contributed by atoms with E-state index in [1.807, 2.05) is 212 Å². The van der Waals surface area contributed by atoms with Gasteiger partial charge in [-0.05, 0) is 77.7 Å². The van der Waals surface area contributed by atoms with Gasteiger partial charge in [-0.25, -0.2) is 0 Å². The van der Waals surface area contributed by atoms with Crippen LogP contribution in [0.15, 0.2) is 224 Å². The van der Waals surface area contributed by atoms with Crippen molar-refractivity contribution >= 4 is 0 Å². The van der Waals surface area contributed by atoms with Crippen LogP contribution in [0.5, 0.6) is 11.5 Å². The Morgan fingerprint density at radius 3 is 0.884 bits per heavy atom. The predicted octanol–water partition coefficient (Wildman–Crippen LogP) is 13.0. The van der Waals surface area contributed by atoms with E-state index >= 15 is 0 Å². The Kier molecular flexibility index (Phi) is 13.4. The van der Waals surface area contributed by atoms with Crippen molar-refractivity contribution in [1.82, 2.24) is 0 Å². The molecule has 0 atom stereocenters. The second-order valence-electron chi connectivity index (χ2n) is 16.5. The average molecular weight is 893 g/mol. The van der Waals surface area contributed by atoms with Crippen molar-refractivity contribution < 1.29 is 19.7 Å². The molecule has 4 nitrogen and oxygen atoms in total. The molecule has 0 radical (unpaired) electrons. The van der Waals surface area contributed by atoms with E-state index in [9.17, 15) is 10.2 Å². The second-order valence-corrected chi connectivity index (χ2v) is 16.5. The number of hydrogen-bond acceptors (Lipinski definition) is 4. The highest BCUT2D eigenvalue weighted by Crippen LogP contribution is 2.52. The lowest BCUT2D eigenvalue weighted by atomic mass is 9.85. The van der Waals surface area contributed by atoms with Gasteiger partial charge in [0.1, 0.15) is 11.5 Å². The number of ether oxygens (including phenoxy) is 2. The number of rotatable bonds is 9. The summed E-state index contributed by atoms with van der Waals surface area (Å²) in [4.78, 5) is 0. The standard InChI is InChI=1S/C65H48O4/c1-47-59(52-37-31-49(32-38-52)30-29-48-19-9-4-10-20-48)62(68-2)61(54-41-35-51(36-42-54)44-46-65(67,57-25-15-7-16-26-57)58-27-17-8-18-28-58)63(69-3)60(47)53-39-33-50(34-40-53)43-45-64(66,55-21-11-5-12-22-55)56-23-13-6-14-24-56/h4-28,31-42,66-67H,1-3H3. The summed E-state index contributed by atoms with van der Waals surface area (Å²) in [6, 6.07) is 72.2. The highest BCUT2D eigenvalue weighted by molar-refractivity contribution is 5.97. The van der Waals surface area contributed by atoms with Crippen molar-refractivity contribution in [2.75, 3.05) is 14.2 Å². The van der Waals surface area contributed by atoms with Crippen LogP contribution in [0.4, 0.5) is 0 Å². The third-order valence-corrected chi connectivity index (χ3v) is 12.3. The summed E-state index contributed by atoms with van der Waals surface area (Å²) in [5, 5.41) is 24.3. The van der Waals surface area contributed by atoms with Crippen LogP contribution in [0, 0.1) is 42.4 Å². The zero-order chi connectivity index (χ0) is 47.6. The van der Waals surface area contributed by atoms with Crippen LogP contribution >= 0.6 is 0 Å². The van der Waals surface area contributed by atoms with Crippen molar-refractivity contribution in [3.63, 3.8) is 0 Å². The van der Waals surface area contributed by atoms with Gasteiger partial charge in [-0.1, -0.05) is 211 Å². The third kappa shape index (κ3) is 9.57. The van der Waals surface area contributed by atoms with Gasteiger partial charge in [0, 0.05) is 55.6 Å². The molecule has 9 rings (SSSR count). The van der Waals surface area contributed by atoms with Crippen molar-refractivity contribution in [3.05, 3.63) is 275 Å². The van der Waals surface area contributed by atoms with Gasteiger partial charge in [-0.15, -0.1) is 0 Å². The molecule has 0 amide bonds. The Bertz CT molecular complexity index is 3310. The van der Waals surface area contributed by atoms with Crippen LogP contribution in [-0.2, 0) is 11.2 Å². The quantitative estimate of drug-likeness (QED) is 0.142. The Hall–Kier alpha value is -8.82. The first-order valence-electron chi connectivity index (χ1n) is 22.7. The molecular formula is C65H48O4. The molecule has 0 saturated carbocycles. The number of methoxy groups -OCH3 is 2. The Balaban J connectivity index is 1.15. The second kappa shape index (κ2) is 20.4. The summed E-state index contributed by atoms with van der Waals surface area (Å²) >= 11 is 0. The van der Waals surface area contributed by atoms with Crippen LogP contribution in [-0.4, -0.2) is 24.4 Å². The summed E-state index contributed by atoms with van der Waals surface area (Å²) in [6.45, 7) is 2.09. The van der Waals surface area contributed by atoms with Crippen molar-refractivity contribution in [3.8, 4) is 80.4 Å². The van der Waals surface area contributed by atoms with Crippen LogP contribution < -0.4 is 9.47 Å². The van der Waals surface area contributed by atoms with Crippen LogP contribution in [0.3, 0.4) is 0 Å². The fourth-order valence-corrected chi connectivity index (χ4v) is 8.68. The maximum atomic E-state index is 12.1. The maximum absolute atomic E-state index is 12.1. The molecule has 0 heterocycles. The van der Waals surface area contributed by atoms with E-state index in [0.29, 0.717) is 33.8 Å². The summed E-state index contributed by atoms with van der Waals surface area (Å²) in [7, 11) is 3.37. The topological polar surface area (TPSA) is 58.9 Å². The van der Waals surface area contributed by atoms with E-state index in [1.165, 1.54) is 0 Å². The first-order valence-corrected chi connectivity index (χ1v) is 22.7. The van der Waals surface area contributed by atoms with Gasteiger partial charge < -0.3 is 19.7 Å². The summed E-state index contributed by atoms with van der Waals surface area (Å²) < 4.78 is 12.8. The third-order valence-electron chi connectivity index (χ3n) is 12.3. The van der Waals surface area contributed by atoms with Crippen LogP contribution in [0.25, 0.3) is 33.4 Å². The summed E-state index contributed by atoms with van der Waals surface area (Å²) in [5.74, 6) is 20.8. The maximum Gasteiger partial charge on any atom is 0.177 e. The molecule has 0 bridgehead atoms. The van der Waals surface area contributed by atoms with E-state index < -0.39 is 11.2 Å². The minimum absolute atomic E-state index is 0.640. The molecule has 69 heavy (non-hydrogen) atoms. The van der Waals surface area contributed by atoms with Gasteiger partial charge in [0.15, 0.2) is 11.2 Å². The van der Waals surface area contributed by atoms with Gasteiger partial charge in [-0.2, -0.15) is 0 Å². The molecule has 0 fully saturated rings. The Labute approximate surface area is 405 Å². The minimum Gasteiger partial charge on any atom is -0.495 e. The fourth-order valence-electron chi connectivity index (χ4n) is 8.68. The molecule has 9 aromatic carbocycles. The zero-order valence-corrected chi connectivity index (χ0v) is 38.6. The lowest BCUT2D eigenvalue weighted by Gasteiger charge is -2.24. The average Bonchev–Trinajstić information content (AvgIpc) is 3.42. The molecule has 0 saturated heterocycles. The molecule has 0 aromatic heterocycles. The molecule has 0 spiro atoms. The summed E-state index contributed by atoms with van der Waals surface area (Å²) in [5.41, 5.74) is 9.26. The van der Waals surface area contributed by atoms with E-state index in [0.717, 1.165) is 61.2 Å². The zero-order valence-electron chi connectivity index (χ0n) is 38.6. The van der Waals surface area contributed by atoms with Gasteiger partial charge in [0.05, 0.1) is 19.8 Å². The highest BCUT2D eigenvalue weighted by atomic mass is 16.5. The number of benzene rings is 9. The molecule has 9 aromatic rings. The summed E-state index contributed by atoms with van der Waals surface area (Å²) in [6.07, 6.45) is 0. The van der Waals surface area contributed by atoms with Crippen LogP contribution in [0.2, 0.25) is 0 Å². The van der Waals surface area contributed by atoms with E-state index in [1.54, 1.807) is 14.2 Å². The van der Waals surface area contributed by atoms with Crippen molar-refractivity contribution in [2.45, 2.75) is 18.1 Å². The Morgan fingerprint density at radius 1 is 0.319 bits per heavy atom.